The van der Waals surface area contributed by atoms with E-state index in [-0.39, 0.29) is 6.42 Å². The standard InChI is InChI=1S/C22H24ClN3O3/c23-22(21(27)28,11-5-6-15-14-24-12-13-25-15)20-16-7-1-3-9-18(16)29-19-10-4-2-8-17(19)26-20/h1-4,7-10,15,24-25H,5-6,11-14H2,(H,27,28). The molecule has 0 bridgehead atoms. The molecule has 152 valence electrons. The molecule has 0 amide bonds. The molecule has 3 N–H and O–H groups in total. The van der Waals surface area contributed by atoms with Crippen molar-refractivity contribution in [1.29, 1.82) is 0 Å². The third kappa shape index (κ3) is 4.15. The van der Waals surface area contributed by atoms with Crippen molar-refractivity contribution in [2.75, 3.05) is 19.6 Å². The van der Waals surface area contributed by atoms with Gasteiger partial charge in [-0.2, -0.15) is 0 Å². The number of nitrogens with one attached hydrogen (secondary N) is 2. The first-order chi connectivity index (χ1) is 14.1. The lowest BCUT2D eigenvalue weighted by atomic mass is 9.89. The highest BCUT2D eigenvalue weighted by Crippen LogP contribution is 2.41. The topological polar surface area (TPSA) is 83.0 Å². The molecule has 2 heterocycles. The van der Waals surface area contributed by atoms with Crippen molar-refractivity contribution in [3.05, 3.63) is 54.1 Å². The molecular formula is C22H24ClN3O3. The predicted octanol–water partition coefficient (Wildman–Crippen LogP) is 3.71. The van der Waals surface area contributed by atoms with Crippen molar-refractivity contribution in [2.24, 2.45) is 4.99 Å². The Morgan fingerprint density at radius 1 is 1.17 bits per heavy atom. The Hall–Kier alpha value is -2.41. The van der Waals surface area contributed by atoms with Crippen molar-refractivity contribution in [2.45, 2.75) is 30.2 Å². The summed E-state index contributed by atoms with van der Waals surface area (Å²) in [7, 11) is 0. The number of halogens is 1. The molecule has 0 spiro atoms. The number of alkyl halides is 1. The maximum atomic E-state index is 12.4. The SMILES string of the molecule is O=C(O)C(Cl)(CCCC1CNCCN1)C1=Nc2ccccc2Oc2ccccc21. The number of aliphatic carboxylic acids is 1. The van der Waals surface area contributed by atoms with Crippen LogP contribution in [-0.4, -0.2) is 47.3 Å². The molecule has 1 fully saturated rings. The second kappa shape index (κ2) is 8.53. The number of aliphatic imine (C=N–C) groups is 1. The van der Waals surface area contributed by atoms with Crippen LogP contribution in [0.1, 0.15) is 24.8 Å². The lowest BCUT2D eigenvalue weighted by Crippen LogP contribution is -2.48. The Labute approximate surface area is 174 Å². The smallest absolute Gasteiger partial charge is 0.331 e. The minimum atomic E-state index is -1.64. The highest BCUT2D eigenvalue weighted by Gasteiger charge is 2.44. The molecule has 0 aliphatic carbocycles. The first-order valence-corrected chi connectivity index (χ1v) is 10.3. The fourth-order valence-electron chi connectivity index (χ4n) is 3.82. The molecule has 0 radical (unpaired) electrons. The van der Waals surface area contributed by atoms with E-state index in [4.69, 9.17) is 21.3 Å². The zero-order chi connectivity index (χ0) is 20.3. The monoisotopic (exact) mass is 413 g/mol. The lowest BCUT2D eigenvalue weighted by molar-refractivity contribution is -0.138. The predicted molar refractivity (Wildman–Crippen MR) is 114 cm³/mol. The normalized spacial score (nSPS) is 20.3. The number of nitrogens with zero attached hydrogens (tertiary/aromatic N) is 1. The van der Waals surface area contributed by atoms with Crippen LogP contribution < -0.4 is 15.4 Å². The van der Waals surface area contributed by atoms with Crippen LogP contribution in [0.3, 0.4) is 0 Å². The van der Waals surface area contributed by atoms with E-state index >= 15 is 0 Å². The van der Waals surface area contributed by atoms with Crippen molar-refractivity contribution in [3.63, 3.8) is 0 Å². The van der Waals surface area contributed by atoms with E-state index < -0.39 is 10.8 Å². The van der Waals surface area contributed by atoms with E-state index in [1.165, 1.54) is 0 Å². The zero-order valence-corrected chi connectivity index (χ0v) is 16.8. The first kappa shape index (κ1) is 19.9. The number of fused-ring (bicyclic) bond motifs is 2. The highest BCUT2D eigenvalue weighted by atomic mass is 35.5. The number of piperazine rings is 1. The van der Waals surface area contributed by atoms with Crippen LogP contribution in [0.5, 0.6) is 11.5 Å². The van der Waals surface area contributed by atoms with Gasteiger partial charge in [-0.15, -0.1) is 0 Å². The van der Waals surface area contributed by atoms with E-state index in [0.29, 0.717) is 40.9 Å². The zero-order valence-electron chi connectivity index (χ0n) is 16.0. The lowest BCUT2D eigenvalue weighted by Gasteiger charge is -2.28. The van der Waals surface area contributed by atoms with Crippen LogP contribution in [0.25, 0.3) is 0 Å². The number of benzene rings is 2. The number of carbonyl (C=O) groups is 1. The second-order valence-electron chi connectivity index (χ2n) is 7.38. The van der Waals surface area contributed by atoms with Crippen LogP contribution in [0.2, 0.25) is 0 Å². The van der Waals surface area contributed by atoms with Gasteiger partial charge in [0.15, 0.2) is 10.6 Å². The number of rotatable bonds is 6. The largest absolute Gasteiger partial charge is 0.480 e. The Morgan fingerprint density at radius 3 is 2.69 bits per heavy atom. The molecule has 2 aliphatic heterocycles. The van der Waals surface area contributed by atoms with Crippen LogP contribution in [0, 0.1) is 0 Å². The van der Waals surface area contributed by atoms with Gasteiger partial charge in [0.25, 0.3) is 0 Å². The fourth-order valence-corrected chi connectivity index (χ4v) is 4.10. The summed E-state index contributed by atoms with van der Waals surface area (Å²) in [6.45, 7) is 2.76. The minimum absolute atomic E-state index is 0.275. The van der Waals surface area contributed by atoms with Crippen LogP contribution >= 0.6 is 11.6 Å². The number of ether oxygens (including phenoxy) is 1. The van der Waals surface area contributed by atoms with E-state index in [1.807, 2.05) is 42.5 Å². The van der Waals surface area contributed by atoms with Crippen LogP contribution in [-0.2, 0) is 4.79 Å². The molecule has 29 heavy (non-hydrogen) atoms. The summed E-state index contributed by atoms with van der Waals surface area (Å²) in [4.78, 5) is 15.4. The number of para-hydroxylation sites is 3. The van der Waals surface area contributed by atoms with E-state index in [9.17, 15) is 9.90 Å². The average Bonchev–Trinajstić information content (AvgIpc) is 2.91. The van der Waals surface area contributed by atoms with Gasteiger partial charge in [-0.3, -0.25) is 0 Å². The summed E-state index contributed by atoms with van der Waals surface area (Å²) >= 11 is 6.82. The maximum Gasteiger partial charge on any atom is 0.331 e. The van der Waals surface area contributed by atoms with Gasteiger partial charge in [-0.05, 0) is 43.5 Å². The summed E-state index contributed by atoms with van der Waals surface area (Å²) in [5.41, 5.74) is 1.50. The van der Waals surface area contributed by atoms with Crippen LogP contribution in [0.15, 0.2) is 53.5 Å². The van der Waals surface area contributed by atoms with Crippen molar-refractivity contribution in [3.8, 4) is 11.5 Å². The molecule has 4 rings (SSSR count). The van der Waals surface area contributed by atoms with Gasteiger partial charge < -0.3 is 20.5 Å². The highest BCUT2D eigenvalue weighted by molar-refractivity contribution is 6.49. The Kier molecular flexibility index (Phi) is 5.85. The molecule has 0 saturated carbocycles. The third-order valence-electron chi connectivity index (χ3n) is 5.37. The number of hydrogen-bond donors (Lipinski definition) is 3. The van der Waals surface area contributed by atoms with Crippen LogP contribution in [0.4, 0.5) is 5.69 Å². The summed E-state index contributed by atoms with van der Waals surface area (Å²) in [6, 6.07) is 15.0. The first-order valence-electron chi connectivity index (χ1n) is 9.90. The maximum absolute atomic E-state index is 12.4. The van der Waals surface area contributed by atoms with E-state index in [0.717, 1.165) is 26.1 Å². The molecule has 0 aromatic heterocycles. The quantitative estimate of drug-likeness (QED) is 0.629. The third-order valence-corrected chi connectivity index (χ3v) is 5.90. The molecule has 6 nitrogen and oxygen atoms in total. The summed E-state index contributed by atoms with van der Waals surface area (Å²) in [6.07, 6.45) is 1.78. The molecule has 7 heteroatoms. The number of carboxylic acid groups (broad SMARTS) is 1. The Bertz CT molecular complexity index is 927. The van der Waals surface area contributed by atoms with Gasteiger partial charge in [0.05, 0.1) is 5.71 Å². The average molecular weight is 414 g/mol. The van der Waals surface area contributed by atoms with Crippen molar-refractivity contribution in [1.82, 2.24) is 10.6 Å². The summed E-state index contributed by atoms with van der Waals surface area (Å²) in [5.74, 6) is 0.0410. The number of carboxylic acids is 1. The van der Waals surface area contributed by atoms with Crippen molar-refractivity contribution < 1.29 is 14.6 Å². The van der Waals surface area contributed by atoms with Crippen molar-refractivity contribution >= 4 is 29.0 Å². The molecule has 2 aromatic carbocycles. The Morgan fingerprint density at radius 2 is 1.93 bits per heavy atom. The summed E-state index contributed by atoms with van der Waals surface area (Å²) in [5, 5.41) is 16.9. The summed E-state index contributed by atoms with van der Waals surface area (Å²) < 4.78 is 6.02. The molecule has 1 saturated heterocycles. The second-order valence-corrected chi connectivity index (χ2v) is 8.03. The number of hydrogen-bond acceptors (Lipinski definition) is 5. The molecule has 2 aliphatic rings. The molecule has 2 atom stereocenters. The van der Waals surface area contributed by atoms with Gasteiger partial charge in [-0.1, -0.05) is 35.9 Å². The molecule has 2 unspecified atom stereocenters. The van der Waals surface area contributed by atoms with Gasteiger partial charge in [-0.25, -0.2) is 9.79 Å². The van der Waals surface area contributed by atoms with Gasteiger partial charge in [0, 0.05) is 31.2 Å². The molecular weight excluding hydrogens is 390 g/mol. The van der Waals surface area contributed by atoms with Gasteiger partial charge >= 0.3 is 5.97 Å². The van der Waals surface area contributed by atoms with E-state index in [1.54, 1.807) is 6.07 Å². The Balaban J connectivity index is 1.67. The fraction of sp³-hybridized carbons (Fsp3) is 0.364. The van der Waals surface area contributed by atoms with Gasteiger partial charge in [0.1, 0.15) is 11.4 Å². The van der Waals surface area contributed by atoms with E-state index in [2.05, 4.69) is 10.6 Å². The minimum Gasteiger partial charge on any atom is -0.480 e. The molecule has 2 aromatic rings. The van der Waals surface area contributed by atoms with Gasteiger partial charge in [0.2, 0.25) is 0 Å².